The highest BCUT2D eigenvalue weighted by Crippen LogP contribution is 2.41. The second kappa shape index (κ2) is 7.69. The predicted octanol–water partition coefficient (Wildman–Crippen LogP) is 3.48. The van der Waals surface area contributed by atoms with Crippen LogP contribution in [0.3, 0.4) is 0 Å². The monoisotopic (exact) mass is 327 g/mol. The molecular formula is C20H25NO3. The Morgan fingerprint density at radius 1 is 1.00 bits per heavy atom. The van der Waals surface area contributed by atoms with E-state index in [4.69, 9.17) is 9.47 Å². The first-order chi connectivity index (χ1) is 11.7. The molecule has 2 atom stereocenters. The van der Waals surface area contributed by atoms with Gasteiger partial charge in [0.2, 0.25) is 0 Å². The van der Waals surface area contributed by atoms with Crippen LogP contribution < -0.4 is 14.8 Å². The van der Waals surface area contributed by atoms with E-state index in [1.54, 1.807) is 20.3 Å². The smallest absolute Gasteiger partial charge is 0.122 e. The Hall–Kier alpha value is -2.04. The Balaban J connectivity index is 1.69. The molecule has 24 heavy (non-hydrogen) atoms. The fourth-order valence-corrected chi connectivity index (χ4v) is 3.02. The van der Waals surface area contributed by atoms with Gasteiger partial charge < -0.3 is 19.9 Å². The first-order valence-electron chi connectivity index (χ1n) is 8.40. The maximum Gasteiger partial charge on any atom is 0.122 e. The normalized spacial score (nSPS) is 16.5. The number of methoxy groups -OCH3 is 2. The van der Waals surface area contributed by atoms with E-state index < -0.39 is 6.10 Å². The second-order valence-corrected chi connectivity index (χ2v) is 6.30. The molecule has 0 aliphatic heterocycles. The third kappa shape index (κ3) is 4.08. The maximum atomic E-state index is 10.6. The summed E-state index contributed by atoms with van der Waals surface area (Å²) in [5.74, 6) is 2.04. The number of aliphatic hydroxyl groups excluding tert-OH is 1. The highest BCUT2D eigenvalue weighted by Gasteiger charge is 2.32. The third-order valence-corrected chi connectivity index (χ3v) is 4.54. The van der Waals surface area contributed by atoms with E-state index >= 15 is 0 Å². The molecule has 2 aromatic carbocycles. The summed E-state index contributed by atoms with van der Waals surface area (Å²) >= 11 is 0. The van der Waals surface area contributed by atoms with Crippen molar-refractivity contribution in [2.45, 2.75) is 25.0 Å². The van der Waals surface area contributed by atoms with Crippen molar-refractivity contribution in [2.24, 2.45) is 5.92 Å². The Bertz CT molecular complexity index is 633. The number of nitrogens with one attached hydrogen (secondary N) is 1. The molecule has 1 aliphatic carbocycles. The maximum absolute atomic E-state index is 10.6. The summed E-state index contributed by atoms with van der Waals surface area (Å²) in [5.41, 5.74) is 2.08. The quantitative estimate of drug-likeness (QED) is 0.779. The van der Waals surface area contributed by atoms with Crippen molar-refractivity contribution in [3.8, 4) is 11.5 Å². The van der Waals surface area contributed by atoms with E-state index in [-0.39, 0.29) is 0 Å². The van der Waals surface area contributed by atoms with Crippen LogP contribution in [0.5, 0.6) is 11.5 Å². The standard InChI is InChI=1S/C20H25NO3/c1-23-17-10-16(11-18(12-17)24-2)19(22)13-21-20(15-8-9-15)14-6-4-3-5-7-14/h3-7,10-12,15,19-22H,8-9,13H2,1-2H3. The van der Waals surface area contributed by atoms with Gasteiger partial charge in [-0.05, 0) is 42.0 Å². The average Bonchev–Trinajstić information content (AvgIpc) is 3.47. The minimum absolute atomic E-state index is 0.299. The van der Waals surface area contributed by atoms with Gasteiger partial charge in [-0.1, -0.05) is 30.3 Å². The molecule has 4 heteroatoms. The highest BCUT2D eigenvalue weighted by molar-refractivity contribution is 5.39. The lowest BCUT2D eigenvalue weighted by Crippen LogP contribution is -2.28. The zero-order valence-corrected chi connectivity index (χ0v) is 14.2. The summed E-state index contributed by atoms with van der Waals surface area (Å²) in [5, 5.41) is 14.1. The predicted molar refractivity (Wildman–Crippen MR) is 94.4 cm³/mol. The number of hydrogen-bond donors (Lipinski definition) is 2. The van der Waals surface area contributed by atoms with E-state index in [0.29, 0.717) is 30.0 Å². The average molecular weight is 327 g/mol. The molecule has 1 aliphatic rings. The Kier molecular flexibility index (Phi) is 5.38. The Labute approximate surface area is 143 Å². The largest absolute Gasteiger partial charge is 0.497 e. The van der Waals surface area contributed by atoms with E-state index in [1.807, 2.05) is 18.2 Å². The first-order valence-corrected chi connectivity index (χ1v) is 8.40. The fraction of sp³-hybridized carbons (Fsp3) is 0.400. The van der Waals surface area contributed by atoms with Crippen molar-refractivity contribution >= 4 is 0 Å². The molecule has 2 N–H and O–H groups in total. The number of aliphatic hydroxyl groups is 1. The van der Waals surface area contributed by atoms with Crippen LogP contribution in [0.1, 0.15) is 36.1 Å². The van der Waals surface area contributed by atoms with Gasteiger partial charge in [0, 0.05) is 18.7 Å². The van der Waals surface area contributed by atoms with Crippen LogP contribution in [0.25, 0.3) is 0 Å². The molecule has 2 aromatic rings. The topological polar surface area (TPSA) is 50.7 Å². The van der Waals surface area contributed by atoms with Gasteiger partial charge in [-0.3, -0.25) is 0 Å². The van der Waals surface area contributed by atoms with Gasteiger partial charge in [0.15, 0.2) is 0 Å². The van der Waals surface area contributed by atoms with Crippen LogP contribution in [0.4, 0.5) is 0 Å². The SMILES string of the molecule is COc1cc(OC)cc(C(O)CNC(c2ccccc2)C2CC2)c1. The van der Waals surface area contributed by atoms with Crippen LogP contribution in [-0.4, -0.2) is 25.9 Å². The molecule has 0 spiro atoms. The molecule has 0 amide bonds. The van der Waals surface area contributed by atoms with Crippen LogP contribution in [-0.2, 0) is 0 Å². The molecule has 2 unspecified atom stereocenters. The summed E-state index contributed by atoms with van der Waals surface area (Å²) < 4.78 is 10.6. The number of benzene rings is 2. The zero-order valence-electron chi connectivity index (χ0n) is 14.2. The molecule has 0 saturated heterocycles. The fourth-order valence-electron chi connectivity index (χ4n) is 3.02. The van der Waals surface area contributed by atoms with Gasteiger partial charge in [-0.15, -0.1) is 0 Å². The van der Waals surface area contributed by atoms with E-state index in [2.05, 4.69) is 29.6 Å². The number of ether oxygens (including phenoxy) is 2. The summed E-state index contributed by atoms with van der Waals surface area (Å²) in [6.45, 7) is 0.492. The molecule has 1 saturated carbocycles. The van der Waals surface area contributed by atoms with Gasteiger partial charge in [0.1, 0.15) is 11.5 Å². The first kappa shape index (κ1) is 16.8. The van der Waals surface area contributed by atoms with E-state index in [0.717, 1.165) is 5.56 Å². The lowest BCUT2D eigenvalue weighted by atomic mass is 10.0. The van der Waals surface area contributed by atoms with E-state index in [9.17, 15) is 5.11 Å². The van der Waals surface area contributed by atoms with Gasteiger partial charge >= 0.3 is 0 Å². The van der Waals surface area contributed by atoms with Crippen LogP contribution in [0.15, 0.2) is 48.5 Å². The van der Waals surface area contributed by atoms with Crippen molar-refractivity contribution < 1.29 is 14.6 Å². The molecule has 1 fully saturated rings. The molecule has 0 heterocycles. The van der Waals surface area contributed by atoms with Crippen molar-refractivity contribution in [3.05, 3.63) is 59.7 Å². The number of rotatable bonds is 8. The summed E-state index contributed by atoms with van der Waals surface area (Å²) in [6, 6.07) is 16.3. The molecule has 0 bridgehead atoms. The van der Waals surface area contributed by atoms with Crippen LogP contribution >= 0.6 is 0 Å². The van der Waals surface area contributed by atoms with Crippen molar-refractivity contribution in [2.75, 3.05) is 20.8 Å². The highest BCUT2D eigenvalue weighted by atomic mass is 16.5. The molecular weight excluding hydrogens is 302 g/mol. The Morgan fingerprint density at radius 2 is 1.62 bits per heavy atom. The van der Waals surface area contributed by atoms with Crippen LogP contribution in [0.2, 0.25) is 0 Å². The summed E-state index contributed by atoms with van der Waals surface area (Å²) in [6.07, 6.45) is 1.88. The van der Waals surface area contributed by atoms with Crippen molar-refractivity contribution in [1.82, 2.24) is 5.32 Å². The minimum atomic E-state index is -0.612. The molecule has 3 rings (SSSR count). The van der Waals surface area contributed by atoms with E-state index in [1.165, 1.54) is 18.4 Å². The van der Waals surface area contributed by atoms with Gasteiger partial charge in [-0.25, -0.2) is 0 Å². The number of hydrogen-bond acceptors (Lipinski definition) is 4. The van der Waals surface area contributed by atoms with Gasteiger partial charge in [0.25, 0.3) is 0 Å². The lowest BCUT2D eigenvalue weighted by molar-refractivity contribution is 0.167. The van der Waals surface area contributed by atoms with Crippen molar-refractivity contribution in [3.63, 3.8) is 0 Å². The van der Waals surface area contributed by atoms with Gasteiger partial charge in [-0.2, -0.15) is 0 Å². The van der Waals surface area contributed by atoms with Crippen molar-refractivity contribution in [1.29, 1.82) is 0 Å². The molecule has 128 valence electrons. The van der Waals surface area contributed by atoms with Crippen LogP contribution in [0, 0.1) is 5.92 Å². The minimum Gasteiger partial charge on any atom is -0.497 e. The molecule has 0 aromatic heterocycles. The summed E-state index contributed by atoms with van der Waals surface area (Å²) in [4.78, 5) is 0. The zero-order chi connectivity index (χ0) is 16.9. The Morgan fingerprint density at radius 3 is 2.17 bits per heavy atom. The molecule has 4 nitrogen and oxygen atoms in total. The molecule has 0 radical (unpaired) electrons. The lowest BCUT2D eigenvalue weighted by Gasteiger charge is -2.21. The second-order valence-electron chi connectivity index (χ2n) is 6.30. The third-order valence-electron chi connectivity index (χ3n) is 4.54. The summed E-state index contributed by atoms with van der Waals surface area (Å²) in [7, 11) is 3.23. The van der Waals surface area contributed by atoms with Gasteiger partial charge in [0.05, 0.1) is 20.3 Å².